The van der Waals surface area contributed by atoms with Crippen molar-refractivity contribution >= 4 is 23.2 Å². The highest BCUT2D eigenvalue weighted by molar-refractivity contribution is 6.33. The van der Waals surface area contributed by atoms with Crippen molar-refractivity contribution in [3.05, 3.63) is 69.2 Å². The van der Waals surface area contributed by atoms with Crippen molar-refractivity contribution in [2.75, 3.05) is 0 Å². The molecule has 0 saturated carbocycles. The molecule has 1 N–H and O–H groups in total. The van der Waals surface area contributed by atoms with Crippen LogP contribution in [0.25, 0.3) is 0 Å². The Labute approximate surface area is 119 Å². The molecule has 0 bridgehead atoms. The first-order valence-electron chi connectivity index (χ1n) is 5.53. The molecule has 1 atom stereocenters. The summed E-state index contributed by atoms with van der Waals surface area (Å²) in [5.41, 5.74) is 0.778. The number of halogens is 4. The predicted molar refractivity (Wildman–Crippen MR) is 71.5 cm³/mol. The van der Waals surface area contributed by atoms with Gasteiger partial charge in [-0.15, -0.1) is 0 Å². The molecule has 2 rings (SSSR count). The molecule has 1 nitrogen and oxygen atoms in total. The molecule has 0 spiro atoms. The first kappa shape index (κ1) is 14.3. The van der Waals surface area contributed by atoms with Crippen molar-refractivity contribution in [2.24, 2.45) is 0 Å². The molecule has 0 aliphatic rings. The SMILES string of the molecule is OC(Cc1cc(F)cc(F)c1)c1cc(Cl)ccc1Cl. The van der Waals surface area contributed by atoms with E-state index in [1.807, 2.05) is 0 Å². The summed E-state index contributed by atoms with van der Waals surface area (Å²) in [5.74, 6) is -1.36. The third-order valence-corrected chi connectivity index (χ3v) is 3.25. The average Bonchev–Trinajstić information content (AvgIpc) is 2.30. The molecule has 19 heavy (non-hydrogen) atoms. The van der Waals surface area contributed by atoms with Crippen LogP contribution >= 0.6 is 23.2 Å². The smallest absolute Gasteiger partial charge is 0.126 e. The fourth-order valence-corrected chi connectivity index (χ4v) is 2.26. The van der Waals surface area contributed by atoms with Crippen LogP contribution in [0.15, 0.2) is 36.4 Å². The third kappa shape index (κ3) is 3.66. The van der Waals surface area contributed by atoms with Crippen LogP contribution in [0.3, 0.4) is 0 Å². The van der Waals surface area contributed by atoms with Gasteiger partial charge in [-0.25, -0.2) is 8.78 Å². The third-order valence-electron chi connectivity index (χ3n) is 2.67. The van der Waals surface area contributed by atoms with E-state index in [2.05, 4.69) is 0 Å². The second kappa shape index (κ2) is 5.87. The van der Waals surface area contributed by atoms with Crippen LogP contribution in [0, 0.1) is 11.6 Å². The molecule has 0 amide bonds. The Morgan fingerprint density at radius 2 is 1.63 bits per heavy atom. The molecular weight excluding hydrogens is 293 g/mol. The summed E-state index contributed by atoms with van der Waals surface area (Å²) >= 11 is 11.8. The summed E-state index contributed by atoms with van der Waals surface area (Å²) in [7, 11) is 0. The zero-order valence-corrected chi connectivity index (χ0v) is 11.2. The highest BCUT2D eigenvalue weighted by Gasteiger charge is 2.14. The standard InChI is InChI=1S/C14H10Cl2F2O/c15-9-1-2-13(16)12(6-9)14(19)5-8-3-10(17)7-11(18)4-8/h1-4,6-7,14,19H,5H2. The maximum Gasteiger partial charge on any atom is 0.126 e. The van der Waals surface area contributed by atoms with Crippen molar-refractivity contribution in [2.45, 2.75) is 12.5 Å². The van der Waals surface area contributed by atoms with E-state index in [4.69, 9.17) is 23.2 Å². The largest absolute Gasteiger partial charge is 0.388 e. The predicted octanol–water partition coefficient (Wildman–Crippen LogP) is 4.55. The number of benzene rings is 2. The molecule has 0 fully saturated rings. The van der Waals surface area contributed by atoms with Crippen molar-refractivity contribution < 1.29 is 13.9 Å². The quantitative estimate of drug-likeness (QED) is 0.882. The minimum Gasteiger partial charge on any atom is -0.388 e. The van der Waals surface area contributed by atoms with Gasteiger partial charge in [0, 0.05) is 28.1 Å². The number of aliphatic hydroxyl groups excluding tert-OH is 1. The van der Waals surface area contributed by atoms with Gasteiger partial charge in [0.05, 0.1) is 6.10 Å². The Morgan fingerprint density at radius 3 is 2.26 bits per heavy atom. The van der Waals surface area contributed by atoms with Gasteiger partial charge in [-0.3, -0.25) is 0 Å². The zero-order chi connectivity index (χ0) is 14.0. The fraction of sp³-hybridized carbons (Fsp3) is 0.143. The highest BCUT2D eigenvalue weighted by Crippen LogP contribution is 2.28. The fourth-order valence-electron chi connectivity index (χ4n) is 1.83. The van der Waals surface area contributed by atoms with Gasteiger partial charge in [-0.1, -0.05) is 23.2 Å². The molecule has 5 heteroatoms. The molecule has 0 saturated heterocycles. The molecule has 2 aromatic carbocycles. The van der Waals surface area contributed by atoms with Crippen molar-refractivity contribution in [3.63, 3.8) is 0 Å². The summed E-state index contributed by atoms with van der Waals surface area (Å²) in [6.07, 6.45) is -0.929. The molecular formula is C14H10Cl2F2O. The lowest BCUT2D eigenvalue weighted by Gasteiger charge is -2.13. The van der Waals surface area contributed by atoms with E-state index in [0.29, 0.717) is 21.2 Å². The maximum atomic E-state index is 13.1. The molecule has 0 aromatic heterocycles. The normalized spacial score (nSPS) is 12.5. The lowest BCUT2D eigenvalue weighted by atomic mass is 10.0. The lowest BCUT2D eigenvalue weighted by Crippen LogP contribution is -2.03. The van der Waals surface area contributed by atoms with Crippen LogP contribution in [0.5, 0.6) is 0 Å². The molecule has 1 unspecified atom stereocenters. The van der Waals surface area contributed by atoms with E-state index in [9.17, 15) is 13.9 Å². The van der Waals surface area contributed by atoms with Crippen LogP contribution in [-0.4, -0.2) is 5.11 Å². The van der Waals surface area contributed by atoms with Gasteiger partial charge in [0.15, 0.2) is 0 Å². The summed E-state index contributed by atoms with van der Waals surface area (Å²) in [5, 5.41) is 10.9. The van der Waals surface area contributed by atoms with Gasteiger partial charge >= 0.3 is 0 Å². The van der Waals surface area contributed by atoms with E-state index in [1.54, 1.807) is 12.1 Å². The van der Waals surface area contributed by atoms with Crippen molar-refractivity contribution in [1.82, 2.24) is 0 Å². The van der Waals surface area contributed by atoms with Crippen LogP contribution < -0.4 is 0 Å². The van der Waals surface area contributed by atoms with Crippen LogP contribution in [0.1, 0.15) is 17.2 Å². The average molecular weight is 303 g/mol. The second-order valence-electron chi connectivity index (χ2n) is 4.16. The van der Waals surface area contributed by atoms with Gasteiger partial charge in [0.2, 0.25) is 0 Å². The van der Waals surface area contributed by atoms with Crippen LogP contribution in [-0.2, 0) is 6.42 Å². The summed E-state index contributed by atoms with van der Waals surface area (Å²) < 4.78 is 26.1. The summed E-state index contributed by atoms with van der Waals surface area (Å²) in [4.78, 5) is 0. The number of aliphatic hydroxyl groups is 1. The summed E-state index contributed by atoms with van der Waals surface area (Å²) in [6.45, 7) is 0. The Kier molecular flexibility index (Phi) is 4.40. The Morgan fingerprint density at radius 1 is 1.00 bits per heavy atom. The number of hydrogen-bond donors (Lipinski definition) is 1. The van der Waals surface area contributed by atoms with Crippen molar-refractivity contribution in [3.8, 4) is 0 Å². The topological polar surface area (TPSA) is 20.2 Å². The van der Waals surface area contributed by atoms with E-state index in [0.717, 1.165) is 6.07 Å². The Hall–Kier alpha value is -1.16. The number of rotatable bonds is 3. The molecule has 0 heterocycles. The maximum absolute atomic E-state index is 13.1. The highest BCUT2D eigenvalue weighted by atomic mass is 35.5. The Balaban J connectivity index is 2.25. The molecule has 0 aliphatic carbocycles. The van der Waals surface area contributed by atoms with E-state index in [1.165, 1.54) is 18.2 Å². The van der Waals surface area contributed by atoms with Gasteiger partial charge in [0.25, 0.3) is 0 Å². The van der Waals surface area contributed by atoms with E-state index in [-0.39, 0.29) is 6.42 Å². The molecule has 100 valence electrons. The minimum atomic E-state index is -0.979. The van der Waals surface area contributed by atoms with Crippen LogP contribution in [0.4, 0.5) is 8.78 Å². The van der Waals surface area contributed by atoms with Gasteiger partial charge in [0.1, 0.15) is 11.6 Å². The molecule has 2 aromatic rings. The minimum absolute atomic E-state index is 0.0503. The van der Waals surface area contributed by atoms with Gasteiger partial charge in [-0.05, 0) is 35.9 Å². The molecule has 0 radical (unpaired) electrons. The van der Waals surface area contributed by atoms with Crippen molar-refractivity contribution in [1.29, 1.82) is 0 Å². The first-order valence-corrected chi connectivity index (χ1v) is 6.29. The molecule has 0 aliphatic heterocycles. The monoisotopic (exact) mass is 302 g/mol. The lowest BCUT2D eigenvalue weighted by molar-refractivity contribution is 0.178. The Bertz CT molecular complexity index is 582. The van der Waals surface area contributed by atoms with Gasteiger partial charge in [-0.2, -0.15) is 0 Å². The van der Waals surface area contributed by atoms with Gasteiger partial charge < -0.3 is 5.11 Å². The first-order chi connectivity index (χ1) is 8.95. The second-order valence-corrected chi connectivity index (χ2v) is 5.01. The summed E-state index contributed by atoms with van der Waals surface area (Å²) in [6, 6.07) is 7.82. The zero-order valence-electron chi connectivity index (χ0n) is 9.71. The number of hydrogen-bond acceptors (Lipinski definition) is 1. The van der Waals surface area contributed by atoms with E-state index < -0.39 is 17.7 Å². The van der Waals surface area contributed by atoms with Crippen LogP contribution in [0.2, 0.25) is 10.0 Å². The van der Waals surface area contributed by atoms with E-state index >= 15 is 0 Å².